The Morgan fingerprint density at radius 2 is 2.10 bits per heavy atom. The average molecular weight is 305 g/mol. The highest BCUT2D eigenvalue weighted by atomic mass is 35.5. The lowest BCUT2D eigenvalue weighted by atomic mass is 10.1. The number of nitrogens with one attached hydrogen (secondary N) is 1. The maximum atomic E-state index is 13.7. The van der Waals surface area contributed by atoms with Crippen molar-refractivity contribution in [3.05, 3.63) is 63.9 Å². The number of carbonyl (C=O) groups excluding carboxylic acids is 1. The van der Waals surface area contributed by atoms with Crippen molar-refractivity contribution in [1.82, 2.24) is 5.32 Å². The maximum absolute atomic E-state index is 13.7. The Morgan fingerprint density at radius 1 is 1.33 bits per heavy atom. The summed E-state index contributed by atoms with van der Waals surface area (Å²) in [4.78, 5) is 11.9. The van der Waals surface area contributed by atoms with Crippen LogP contribution in [0.1, 0.15) is 21.5 Å². The number of carbonyl (C=O) groups is 1. The molecular formula is C15H10ClFN2O2. The van der Waals surface area contributed by atoms with Crippen LogP contribution in [-0.4, -0.2) is 11.0 Å². The molecule has 2 N–H and O–H groups in total. The lowest BCUT2D eigenvalue weighted by molar-refractivity contribution is 0.0950. The first-order valence-electron chi connectivity index (χ1n) is 5.96. The second-order valence-corrected chi connectivity index (χ2v) is 4.67. The number of phenols is 1. The molecule has 0 unspecified atom stereocenters. The average Bonchev–Trinajstić information content (AvgIpc) is 2.48. The van der Waals surface area contributed by atoms with Gasteiger partial charge in [-0.1, -0.05) is 17.7 Å². The summed E-state index contributed by atoms with van der Waals surface area (Å²) in [5.74, 6) is -1.12. The van der Waals surface area contributed by atoms with Crippen LogP contribution in [0.3, 0.4) is 0 Å². The summed E-state index contributed by atoms with van der Waals surface area (Å²) in [6.45, 7) is -0.0190. The minimum Gasteiger partial charge on any atom is -0.506 e. The summed E-state index contributed by atoms with van der Waals surface area (Å²) in [6.07, 6.45) is 0. The Morgan fingerprint density at radius 3 is 2.71 bits per heavy atom. The molecular weight excluding hydrogens is 295 g/mol. The fourth-order valence-corrected chi connectivity index (χ4v) is 1.87. The van der Waals surface area contributed by atoms with E-state index in [9.17, 15) is 14.3 Å². The number of halogens is 2. The Labute approximate surface area is 125 Å². The molecule has 0 aliphatic rings. The number of aromatic hydroxyl groups is 1. The molecule has 2 aromatic carbocycles. The van der Waals surface area contributed by atoms with Crippen LogP contribution in [0, 0.1) is 17.1 Å². The van der Waals surface area contributed by atoms with Crippen LogP contribution < -0.4 is 5.32 Å². The zero-order valence-corrected chi connectivity index (χ0v) is 11.5. The van der Waals surface area contributed by atoms with Crippen LogP contribution in [0.15, 0.2) is 36.4 Å². The number of benzene rings is 2. The third-order valence-electron chi connectivity index (χ3n) is 2.83. The molecule has 21 heavy (non-hydrogen) atoms. The molecule has 0 aromatic heterocycles. The zero-order chi connectivity index (χ0) is 15.4. The molecule has 6 heteroatoms. The van der Waals surface area contributed by atoms with Crippen molar-refractivity contribution in [3.63, 3.8) is 0 Å². The molecule has 0 spiro atoms. The van der Waals surface area contributed by atoms with Crippen LogP contribution in [0.25, 0.3) is 0 Å². The van der Waals surface area contributed by atoms with E-state index >= 15 is 0 Å². The van der Waals surface area contributed by atoms with Gasteiger partial charge in [-0.2, -0.15) is 5.26 Å². The number of hydrogen-bond acceptors (Lipinski definition) is 3. The second-order valence-electron chi connectivity index (χ2n) is 4.27. The summed E-state index contributed by atoms with van der Waals surface area (Å²) >= 11 is 5.71. The Bertz CT molecular complexity index is 741. The SMILES string of the molecule is N#Cc1ccc(CNC(=O)c2ccc(O)c(Cl)c2)c(F)c1. The van der Waals surface area contributed by atoms with E-state index in [0.717, 1.165) is 6.07 Å². The van der Waals surface area contributed by atoms with Gasteiger partial charge in [-0.15, -0.1) is 0 Å². The molecule has 0 radical (unpaired) electrons. The van der Waals surface area contributed by atoms with Crippen molar-refractivity contribution in [2.75, 3.05) is 0 Å². The molecule has 0 atom stereocenters. The molecule has 0 saturated carbocycles. The molecule has 4 nitrogen and oxygen atoms in total. The monoisotopic (exact) mass is 304 g/mol. The Kier molecular flexibility index (Phi) is 4.41. The topological polar surface area (TPSA) is 73.1 Å². The summed E-state index contributed by atoms with van der Waals surface area (Å²) in [5.41, 5.74) is 0.743. The fourth-order valence-electron chi connectivity index (χ4n) is 1.69. The molecule has 0 bridgehead atoms. The van der Waals surface area contributed by atoms with Crippen LogP contribution in [0.4, 0.5) is 4.39 Å². The van der Waals surface area contributed by atoms with E-state index in [-0.39, 0.29) is 34.0 Å². The van der Waals surface area contributed by atoms with Crippen molar-refractivity contribution >= 4 is 17.5 Å². The second kappa shape index (κ2) is 6.25. The van der Waals surface area contributed by atoms with Gasteiger partial charge >= 0.3 is 0 Å². The molecule has 0 fully saturated rings. The number of hydrogen-bond donors (Lipinski definition) is 2. The predicted molar refractivity (Wildman–Crippen MR) is 75.4 cm³/mol. The number of amides is 1. The van der Waals surface area contributed by atoms with E-state index in [1.807, 2.05) is 6.07 Å². The van der Waals surface area contributed by atoms with E-state index in [4.69, 9.17) is 16.9 Å². The Balaban J connectivity index is 2.07. The smallest absolute Gasteiger partial charge is 0.251 e. The van der Waals surface area contributed by atoms with Gasteiger partial charge in [-0.3, -0.25) is 4.79 Å². The zero-order valence-electron chi connectivity index (χ0n) is 10.7. The van der Waals surface area contributed by atoms with E-state index in [0.29, 0.717) is 0 Å². The quantitative estimate of drug-likeness (QED) is 0.915. The molecule has 106 valence electrons. The molecule has 0 heterocycles. The minimum absolute atomic E-state index is 0.0190. The molecule has 2 aromatic rings. The van der Waals surface area contributed by atoms with Gasteiger partial charge in [0, 0.05) is 17.7 Å². The highest BCUT2D eigenvalue weighted by molar-refractivity contribution is 6.32. The molecule has 0 aliphatic heterocycles. The molecule has 0 saturated heterocycles. The van der Waals surface area contributed by atoms with Gasteiger partial charge in [-0.05, 0) is 30.3 Å². The van der Waals surface area contributed by atoms with Gasteiger partial charge in [0.25, 0.3) is 5.91 Å². The van der Waals surface area contributed by atoms with Gasteiger partial charge in [0.1, 0.15) is 11.6 Å². The van der Waals surface area contributed by atoms with E-state index in [1.165, 1.54) is 30.3 Å². The summed E-state index contributed by atoms with van der Waals surface area (Å²) in [6, 6.07) is 9.89. The maximum Gasteiger partial charge on any atom is 0.251 e. The standard InChI is InChI=1S/C15H10ClFN2O2/c16-12-6-10(3-4-14(12)20)15(21)19-8-11-2-1-9(7-18)5-13(11)17/h1-6,20H,8H2,(H,19,21). The molecule has 0 aliphatic carbocycles. The normalized spacial score (nSPS) is 9.95. The Hall–Kier alpha value is -2.58. The minimum atomic E-state index is -0.557. The predicted octanol–water partition coefficient (Wildman–Crippen LogP) is 2.99. The first kappa shape index (κ1) is 14.8. The van der Waals surface area contributed by atoms with Crippen LogP contribution >= 0.6 is 11.6 Å². The summed E-state index contributed by atoms with van der Waals surface area (Å²) < 4.78 is 13.7. The first-order valence-corrected chi connectivity index (χ1v) is 6.34. The van der Waals surface area contributed by atoms with Crippen molar-refractivity contribution < 1.29 is 14.3 Å². The van der Waals surface area contributed by atoms with Gasteiger partial charge in [-0.25, -0.2) is 4.39 Å². The van der Waals surface area contributed by atoms with Crippen LogP contribution in [0.5, 0.6) is 5.75 Å². The van der Waals surface area contributed by atoms with Gasteiger partial charge in [0.15, 0.2) is 0 Å². The summed E-state index contributed by atoms with van der Waals surface area (Å²) in [7, 11) is 0. The van der Waals surface area contributed by atoms with E-state index in [2.05, 4.69) is 5.32 Å². The van der Waals surface area contributed by atoms with Crippen molar-refractivity contribution in [2.24, 2.45) is 0 Å². The van der Waals surface area contributed by atoms with Gasteiger partial charge in [0.05, 0.1) is 16.7 Å². The van der Waals surface area contributed by atoms with E-state index < -0.39 is 11.7 Å². The summed E-state index contributed by atoms with van der Waals surface area (Å²) in [5, 5.41) is 20.5. The van der Waals surface area contributed by atoms with Gasteiger partial charge in [0.2, 0.25) is 0 Å². The van der Waals surface area contributed by atoms with Crippen LogP contribution in [0.2, 0.25) is 5.02 Å². The highest BCUT2D eigenvalue weighted by Crippen LogP contribution is 2.23. The van der Waals surface area contributed by atoms with Crippen molar-refractivity contribution in [1.29, 1.82) is 5.26 Å². The van der Waals surface area contributed by atoms with Crippen molar-refractivity contribution in [2.45, 2.75) is 6.54 Å². The third-order valence-corrected chi connectivity index (χ3v) is 3.13. The van der Waals surface area contributed by atoms with Gasteiger partial charge < -0.3 is 10.4 Å². The molecule has 1 amide bonds. The highest BCUT2D eigenvalue weighted by Gasteiger charge is 2.10. The third kappa shape index (κ3) is 3.50. The fraction of sp³-hybridized carbons (Fsp3) is 0.0667. The number of rotatable bonds is 3. The largest absolute Gasteiger partial charge is 0.506 e. The number of phenolic OH excluding ortho intramolecular Hbond substituents is 1. The van der Waals surface area contributed by atoms with Crippen LogP contribution in [-0.2, 0) is 6.54 Å². The lowest BCUT2D eigenvalue weighted by Gasteiger charge is -2.07. The first-order chi connectivity index (χ1) is 10.0. The lowest BCUT2D eigenvalue weighted by Crippen LogP contribution is -2.23. The number of nitriles is 1. The van der Waals surface area contributed by atoms with Crippen molar-refractivity contribution in [3.8, 4) is 11.8 Å². The van der Waals surface area contributed by atoms with E-state index in [1.54, 1.807) is 0 Å². The number of nitrogens with zero attached hydrogens (tertiary/aromatic N) is 1. The molecule has 2 rings (SSSR count).